The molecular weight excluding hydrogens is 236 g/mol. The summed E-state index contributed by atoms with van der Waals surface area (Å²) >= 11 is 0. The Hall–Kier alpha value is -1.35. The van der Waals surface area contributed by atoms with Crippen molar-refractivity contribution < 1.29 is 4.79 Å². The predicted octanol–water partition coefficient (Wildman–Crippen LogP) is 2.77. The van der Waals surface area contributed by atoms with Gasteiger partial charge >= 0.3 is 0 Å². The maximum absolute atomic E-state index is 12.5. The Balaban J connectivity index is 2.15. The third-order valence-corrected chi connectivity index (χ3v) is 4.79. The van der Waals surface area contributed by atoms with Crippen LogP contribution in [0.25, 0.3) is 0 Å². The number of amides is 1. The molecule has 3 heteroatoms. The highest BCUT2D eigenvalue weighted by molar-refractivity contribution is 6.07. The predicted molar refractivity (Wildman–Crippen MR) is 77.6 cm³/mol. The van der Waals surface area contributed by atoms with E-state index in [9.17, 15) is 4.79 Å². The number of nitrogens with one attached hydrogen (secondary N) is 2. The van der Waals surface area contributed by atoms with E-state index in [1.807, 2.05) is 6.07 Å². The molecule has 0 bridgehead atoms. The minimum Gasteiger partial charge on any atom is -0.325 e. The smallest absolute Gasteiger partial charge is 0.236 e. The monoisotopic (exact) mass is 258 g/mol. The molecule has 2 heterocycles. The van der Waals surface area contributed by atoms with Gasteiger partial charge in [0, 0.05) is 12.2 Å². The largest absolute Gasteiger partial charge is 0.325 e. The van der Waals surface area contributed by atoms with Crippen molar-refractivity contribution in [1.82, 2.24) is 5.32 Å². The molecule has 1 saturated heterocycles. The highest BCUT2D eigenvalue weighted by Crippen LogP contribution is 2.46. The second kappa shape index (κ2) is 4.64. The van der Waals surface area contributed by atoms with E-state index in [1.54, 1.807) is 0 Å². The fourth-order valence-electron chi connectivity index (χ4n) is 3.51. The third-order valence-electron chi connectivity index (χ3n) is 4.79. The average molecular weight is 258 g/mol. The number of rotatable bonds is 2. The van der Waals surface area contributed by atoms with Gasteiger partial charge in [-0.1, -0.05) is 26.0 Å². The van der Waals surface area contributed by atoms with Gasteiger partial charge in [-0.05, 0) is 48.9 Å². The average Bonchev–Trinajstić information content (AvgIpc) is 2.72. The maximum Gasteiger partial charge on any atom is 0.236 e. The minimum atomic E-state index is -0.326. The molecule has 3 nitrogen and oxygen atoms in total. The molecule has 19 heavy (non-hydrogen) atoms. The van der Waals surface area contributed by atoms with Crippen molar-refractivity contribution in [3.63, 3.8) is 0 Å². The lowest BCUT2D eigenvalue weighted by Crippen LogP contribution is -2.48. The number of benzene rings is 1. The van der Waals surface area contributed by atoms with Gasteiger partial charge in [0.1, 0.15) is 0 Å². The molecule has 2 aliphatic heterocycles. The lowest BCUT2D eigenvalue weighted by Gasteiger charge is -2.34. The van der Waals surface area contributed by atoms with Crippen molar-refractivity contribution in [3.8, 4) is 0 Å². The van der Waals surface area contributed by atoms with Crippen LogP contribution < -0.4 is 10.6 Å². The van der Waals surface area contributed by atoms with Gasteiger partial charge in [0.05, 0.1) is 5.41 Å². The van der Waals surface area contributed by atoms with Gasteiger partial charge in [-0.15, -0.1) is 0 Å². The summed E-state index contributed by atoms with van der Waals surface area (Å²) in [5, 5.41) is 6.51. The van der Waals surface area contributed by atoms with E-state index in [0.29, 0.717) is 5.92 Å². The zero-order valence-electron chi connectivity index (χ0n) is 11.8. The van der Waals surface area contributed by atoms with E-state index in [1.165, 1.54) is 11.1 Å². The molecule has 2 unspecified atom stereocenters. The summed E-state index contributed by atoms with van der Waals surface area (Å²) in [5.41, 5.74) is 3.32. The Labute approximate surface area is 114 Å². The van der Waals surface area contributed by atoms with Crippen LogP contribution in [0.15, 0.2) is 18.2 Å². The summed E-state index contributed by atoms with van der Waals surface area (Å²) in [6.45, 7) is 6.26. The van der Waals surface area contributed by atoms with Crippen molar-refractivity contribution in [2.45, 2.75) is 44.4 Å². The summed E-state index contributed by atoms with van der Waals surface area (Å²) < 4.78 is 0. The zero-order chi connectivity index (χ0) is 13.5. The van der Waals surface area contributed by atoms with Crippen LogP contribution in [-0.2, 0) is 10.2 Å². The number of hydrogen-bond donors (Lipinski definition) is 2. The van der Waals surface area contributed by atoms with Gasteiger partial charge in [-0.25, -0.2) is 0 Å². The molecule has 2 N–H and O–H groups in total. The summed E-state index contributed by atoms with van der Waals surface area (Å²) in [6.07, 6.45) is 3.14. The molecule has 102 valence electrons. The second-order valence-electron chi connectivity index (χ2n) is 5.90. The van der Waals surface area contributed by atoms with Gasteiger partial charge in [0.2, 0.25) is 5.91 Å². The lowest BCUT2D eigenvalue weighted by atomic mass is 9.72. The van der Waals surface area contributed by atoms with Crippen molar-refractivity contribution >= 4 is 11.6 Å². The molecular formula is C16H22N2O. The molecule has 2 atom stereocenters. The van der Waals surface area contributed by atoms with Crippen LogP contribution in [0.1, 0.15) is 50.2 Å². The molecule has 0 aromatic heterocycles. The maximum atomic E-state index is 12.5. The van der Waals surface area contributed by atoms with Crippen molar-refractivity contribution in [1.29, 1.82) is 0 Å². The fraction of sp³-hybridized carbons (Fsp3) is 0.562. The highest BCUT2D eigenvalue weighted by Gasteiger charge is 2.48. The molecule has 1 fully saturated rings. The van der Waals surface area contributed by atoms with Crippen LogP contribution in [0, 0.1) is 0 Å². The molecule has 1 spiro atoms. The van der Waals surface area contributed by atoms with Crippen LogP contribution in [-0.4, -0.2) is 19.0 Å². The Morgan fingerprint density at radius 2 is 2.26 bits per heavy atom. The topological polar surface area (TPSA) is 41.1 Å². The molecule has 3 rings (SSSR count). The van der Waals surface area contributed by atoms with Crippen LogP contribution >= 0.6 is 0 Å². The highest BCUT2D eigenvalue weighted by atomic mass is 16.2. The van der Waals surface area contributed by atoms with E-state index in [4.69, 9.17) is 0 Å². The Kier molecular flexibility index (Phi) is 3.09. The first-order chi connectivity index (χ1) is 9.19. The van der Waals surface area contributed by atoms with Gasteiger partial charge in [-0.3, -0.25) is 4.79 Å². The van der Waals surface area contributed by atoms with Crippen molar-refractivity contribution in [3.05, 3.63) is 29.3 Å². The van der Waals surface area contributed by atoms with Gasteiger partial charge in [0.15, 0.2) is 0 Å². The quantitative estimate of drug-likeness (QED) is 0.856. The van der Waals surface area contributed by atoms with Crippen molar-refractivity contribution in [2.75, 3.05) is 18.4 Å². The molecule has 1 aromatic carbocycles. The minimum absolute atomic E-state index is 0.186. The molecule has 0 radical (unpaired) electrons. The molecule has 1 aromatic rings. The van der Waals surface area contributed by atoms with Crippen molar-refractivity contribution in [2.24, 2.45) is 0 Å². The Morgan fingerprint density at radius 1 is 1.42 bits per heavy atom. The number of carbonyl (C=O) groups excluding carboxylic acids is 1. The van der Waals surface area contributed by atoms with Crippen LogP contribution in [0.5, 0.6) is 0 Å². The fourth-order valence-corrected chi connectivity index (χ4v) is 3.51. The summed E-state index contributed by atoms with van der Waals surface area (Å²) in [5.74, 6) is 0.687. The van der Waals surface area contributed by atoms with E-state index in [2.05, 4.69) is 36.6 Å². The van der Waals surface area contributed by atoms with Gasteiger partial charge in [-0.2, -0.15) is 0 Å². The molecule has 1 amide bonds. The second-order valence-corrected chi connectivity index (χ2v) is 5.90. The van der Waals surface area contributed by atoms with Crippen LogP contribution in [0.4, 0.5) is 5.69 Å². The number of fused-ring (bicyclic) bond motifs is 2. The SMILES string of the molecule is CCC(C)c1cccc2c1C1(CCCNC1)C(=O)N2. The number of anilines is 1. The van der Waals surface area contributed by atoms with E-state index >= 15 is 0 Å². The summed E-state index contributed by atoms with van der Waals surface area (Å²) in [7, 11) is 0. The van der Waals surface area contributed by atoms with E-state index in [-0.39, 0.29) is 11.3 Å². The zero-order valence-corrected chi connectivity index (χ0v) is 11.8. The number of carbonyl (C=O) groups is 1. The summed E-state index contributed by atoms with van der Waals surface area (Å²) in [6, 6.07) is 6.31. The van der Waals surface area contributed by atoms with Gasteiger partial charge < -0.3 is 10.6 Å². The Morgan fingerprint density at radius 3 is 2.95 bits per heavy atom. The molecule has 0 saturated carbocycles. The first-order valence-corrected chi connectivity index (χ1v) is 7.34. The number of hydrogen-bond acceptors (Lipinski definition) is 2. The Bertz CT molecular complexity index is 503. The third kappa shape index (κ3) is 1.79. The van der Waals surface area contributed by atoms with Crippen LogP contribution in [0.3, 0.4) is 0 Å². The van der Waals surface area contributed by atoms with E-state index < -0.39 is 0 Å². The first kappa shape index (κ1) is 12.7. The molecule has 0 aliphatic carbocycles. The molecule has 2 aliphatic rings. The lowest BCUT2D eigenvalue weighted by molar-refractivity contribution is -0.121. The number of piperidine rings is 1. The summed E-state index contributed by atoms with van der Waals surface area (Å²) in [4.78, 5) is 12.5. The van der Waals surface area contributed by atoms with E-state index in [0.717, 1.165) is 38.0 Å². The standard InChI is InChI=1S/C16H22N2O/c1-3-11(2)12-6-4-7-13-14(12)16(15(19)18-13)8-5-9-17-10-16/h4,6-7,11,17H,3,5,8-10H2,1-2H3,(H,18,19). The van der Waals surface area contributed by atoms with Gasteiger partial charge in [0.25, 0.3) is 0 Å². The normalized spacial score (nSPS) is 27.2. The first-order valence-electron chi connectivity index (χ1n) is 7.34. The van der Waals surface area contributed by atoms with Crippen LogP contribution in [0.2, 0.25) is 0 Å².